The fraction of sp³-hybridized carbons (Fsp3) is 0.357. The van der Waals surface area contributed by atoms with E-state index in [0.29, 0.717) is 11.1 Å². The minimum atomic E-state index is -1.26. The SMILES string of the molecule is O=C(O)CC[C@@]1(C(=O)O)CCC(=O)c2ccccc21. The molecule has 0 spiro atoms. The lowest BCUT2D eigenvalue weighted by molar-refractivity contribution is -0.145. The van der Waals surface area contributed by atoms with Crippen LogP contribution < -0.4 is 0 Å². The number of carbonyl (C=O) groups excluding carboxylic acids is 1. The number of aliphatic carboxylic acids is 2. The molecule has 1 aromatic rings. The molecule has 2 N–H and O–H groups in total. The van der Waals surface area contributed by atoms with Gasteiger partial charge in [0.2, 0.25) is 0 Å². The molecule has 100 valence electrons. The molecule has 0 unspecified atom stereocenters. The quantitative estimate of drug-likeness (QED) is 0.864. The van der Waals surface area contributed by atoms with E-state index in [2.05, 4.69) is 0 Å². The van der Waals surface area contributed by atoms with Crippen LogP contribution in [0.1, 0.15) is 41.6 Å². The summed E-state index contributed by atoms with van der Waals surface area (Å²) in [6, 6.07) is 6.58. The van der Waals surface area contributed by atoms with Crippen molar-refractivity contribution in [1.82, 2.24) is 0 Å². The van der Waals surface area contributed by atoms with Crippen molar-refractivity contribution in [2.24, 2.45) is 0 Å². The molecule has 0 saturated carbocycles. The molecular weight excluding hydrogens is 248 g/mol. The molecule has 1 aromatic carbocycles. The molecular formula is C14H14O5. The van der Waals surface area contributed by atoms with Gasteiger partial charge in [-0.25, -0.2) is 0 Å². The third kappa shape index (κ3) is 2.23. The second-order valence-corrected chi connectivity index (χ2v) is 4.75. The Morgan fingerprint density at radius 3 is 2.53 bits per heavy atom. The van der Waals surface area contributed by atoms with Crippen LogP contribution in [0.4, 0.5) is 0 Å². The third-order valence-corrected chi connectivity index (χ3v) is 3.70. The van der Waals surface area contributed by atoms with Gasteiger partial charge in [0, 0.05) is 18.4 Å². The van der Waals surface area contributed by atoms with Crippen LogP contribution in [-0.4, -0.2) is 27.9 Å². The van der Waals surface area contributed by atoms with Crippen molar-refractivity contribution in [1.29, 1.82) is 0 Å². The number of benzene rings is 1. The number of carbonyl (C=O) groups is 3. The third-order valence-electron chi connectivity index (χ3n) is 3.70. The Morgan fingerprint density at radius 1 is 1.21 bits per heavy atom. The van der Waals surface area contributed by atoms with Crippen molar-refractivity contribution in [3.63, 3.8) is 0 Å². The maximum absolute atomic E-state index is 11.8. The van der Waals surface area contributed by atoms with Crippen LogP contribution >= 0.6 is 0 Å². The van der Waals surface area contributed by atoms with Gasteiger partial charge in [0.05, 0.1) is 5.41 Å². The van der Waals surface area contributed by atoms with Crippen LogP contribution in [0.5, 0.6) is 0 Å². The molecule has 0 fully saturated rings. The lowest BCUT2D eigenvalue weighted by Gasteiger charge is -2.34. The highest BCUT2D eigenvalue weighted by Gasteiger charge is 2.45. The first kappa shape index (κ1) is 13.3. The number of Topliss-reactive ketones (excluding diaryl/α,β-unsaturated/α-hetero) is 1. The zero-order valence-electron chi connectivity index (χ0n) is 10.3. The Bertz CT molecular complexity index is 549. The molecule has 5 nitrogen and oxygen atoms in total. The average molecular weight is 262 g/mol. The highest BCUT2D eigenvalue weighted by atomic mass is 16.4. The standard InChI is InChI=1S/C14H14O5/c15-11-5-7-14(13(18)19,8-6-12(16)17)10-4-2-1-3-9(10)11/h1-4H,5-8H2,(H,16,17)(H,18,19)/t14-/m0/s1. The first-order valence-corrected chi connectivity index (χ1v) is 6.05. The monoisotopic (exact) mass is 262 g/mol. The van der Waals surface area contributed by atoms with Crippen LogP contribution in [0.25, 0.3) is 0 Å². The van der Waals surface area contributed by atoms with Crippen molar-refractivity contribution < 1.29 is 24.6 Å². The minimum absolute atomic E-state index is 0.00194. The minimum Gasteiger partial charge on any atom is -0.481 e. The Kier molecular flexibility index (Phi) is 3.38. The number of carboxylic acids is 2. The predicted molar refractivity (Wildman–Crippen MR) is 66.2 cm³/mol. The lowest BCUT2D eigenvalue weighted by atomic mass is 9.67. The summed E-state index contributed by atoms with van der Waals surface area (Å²) in [5.74, 6) is -2.17. The van der Waals surface area contributed by atoms with Gasteiger partial charge < -0.3 is 10.2 Å². The molecule has 0 saturated heterocycles. The number of ketones is 1. The van der Waals surface area contributed by atoms with E-state index in [4.69, 9.17) is 5.11 Å². The summed E-state index contributed by atoms with van der Waals surface area (Å²) in [7, 11) is 0. The van der Waals surface area contributed by atoms with Gasteiger partial charge in [0.1, 0.15) is 0 Å². The average Bonchev–Trinajstić information content (AvgIpc) is 2.38. The number of carboxylic acid groups (broad SMARTS) is 2. The van der Waals surface area contributed by atoms with E-state index >= 15 is 0 Å². The molecule has 0 bridgehead atoms. The van der Waals surface area contributed by atoms with Crippen LogP contribution in [0.15, 0.2) is 24.3 Å². The number of hydrogen-bond acceptors (Lipinski definition) is 3. The Hall–Kier alpha value is -2.17. The van der Waals surface area contributed by atoms with Crippen LogP contribution in [0.2, 0.25) is 0 Å². The van der Waals surface area contributed by atoms with Gasteiger partial charge in [-0.15, -0.1) is 0 Å². The molecule has 0 heterocycles. The summed E-state index contributed by atoms with van der Waals surface area (Å²) < 4.78 is 0. The summed E-state index contributed by atoms with van der Waals surface area (Å²) >= 11 is 0. The van der Waals surface area contributed by atoms with Gasteiger partial charge in [-0.1, -0.05) is 24.3 Å². The zero-order valence-corrected chi connectivity index (χ0v) is 10.3. The van der Waals surface area contributed by atoms with E-state index in [1.54, 1.807) is 24.3 Å². The van der Waals surface area contributed by atoms with E-state index in [1.165, 1.54) is 0 Å². The first-order chi connectivity index (χ1) is 8.97. The highest BCUT2D eigenvalue weighted by Crippen LogP contribution is 2.41. The Balaban J connectivity index is 2.50. The van der Waals surface area contributed by atoms with Gasteiger partial charge in [0.15, 0.2) is 5.78 Å². The molecule has 1 aliphatic rings. The summed E-state index contributed by atoms with van der Waals surface area (Å²) in [5.41, 5.74) is -0.412. The normalized spacial score (nSPS) is 21.8. The highest BCUT2D eigenvalue weighted by molar-refractivity contribution is 6.02. The predicted octanol–water partition coefficient (Wildman–Crippen LogP) is 1.85. The van der Waals surface area contributed by atoms with Crippen molar-refractivity contribution >= 4 is 17.7 Å². The first-order valence-electron chi connectivity index (χ1n) is 6.05. The molecule has 0 amide bonds. The molecule has 2 rings (SSSR count). The van der Waals surface area contributed by atoms with E-state index in [1.807, 2.05) is 0 Å². The lowest BCUT2D eigenvalue weighted by Crippen LogP contribution is -2.41. The van der Waals surface area contributed by atoms with Crippen molar-refractivity contribution in [2.75, 3.05) is 0 Å². The number of rotatable bonds is 4. The smallest absolute Gasteiger partial charge is 0.314 e. The summed E-state index contributed by atoms with van der Waals surface area (Å²) in [6.45, 7) is 0. The largest absolute Gasteiger partial charge is 0.481 e. The van der Waals surface area contributed by atoms with Gasteiger partial charge >= 0.3 is 11.9 Å². The second-order valence-electron chi connectivity index (χ2n) is 4.75. The maximum Gasteiger partial charge on any atom is 0.314 e. The van der Waals surface area contributed by atoms with Crippen molar-refractivity contribution in [3.8, 4) is 0 Å². The molecule has 0 aliphatic heterocycles. The van der Waals surface area contributed by atoms with E-state index < -0.39 is 17.4 Å². The fourth-order valence-electron chi connectivity index (χ4n) is 2.65. The Morgan fingerprint density at radius 2 is 1.89 bits per heavy atom. The summed E-state index contributed by atoms with van der Waals surface area (Å²) in [5, 5.41) is 18.3. The number of hydrogen-bond donors (Lipinski definition) is 2. The molecule has 0 aromatic heterocycles. The van der Waals surface area contributed by atoms with Crippen LogP contribution in [-0.2, 0) is 15.0 Å². The van der Waals surface area contributed by atoms with Crippen molar-refractivity contribution in [3.05, 3.63) is 35.4 Å². The summed E-state index contributed by atoms with van der Waals surface area (Å²) in [4.78, 5) is 34.2. The maximum atomic E-state index is 11.8. The molecule has 0 radical (unpaired) electrons. The molecule has 1 aliphatic carbocycles. The topological polar surface area (TPSA) is 91.7 Å². The molecule has 19 heavy (non-hydrogen) atoms. The van der Waals surface area contributed by atoms with E-state index in [0.717, 1.165) is 0 Å². The van der Waals surface area contributed by atoms with Gasteiger partial charge in [-0.05, 0) is 18.4 Å². The Labute approximate surface area is 109 Å². The summed E-state index contributed by atoms with van der Waals surface area (Å²) in [6.07, 6.45) is 0.0746. The van der Waals surface area contributed by atoms with Crippen LogP contribution in [0.3, 0.4) is 0 Å². The van der Waals surface area contributed by atoms with Gasteiger partial charge in [0.25, 0.3) is 0 Å². The number of fused-ring (bicyclic) bond motifs is 1. The van der Waals surface area contributed by atoms with E-state index in [9.17, 15) is 19.5 Å². The molecule has 5 heteroatoms. The van der Waals surface area contributed by atoms with E-state index in [-0.39, 0.29) is 31.5 Å². The second kappa shape index (κ2) is 4.84. The fourth-order valence-corrected chi connectivity index (χ4v) is 2.65. The van der Waals surface area contributed by atoms with Gasteiger partial charge in [-0.3, -0.25) is 14.4 Å². The zero-order chi connectivity index (χ0) is 14.0. The molecule has 1 atom stereocenters. The van der Waals surface area contributed by atoms with Crippen LogP contribution in [0, 0.1) is 0 Å². The van der Waals surface area contributed by atoms with Crippen molar-refractivity contribution in [2.45, 2.75) is 31.1 Å². The van der Waals surface area contributed by atoms with Gasteiger partial charge in [-0.2, -0.15) is 0 Å².